The average molecular weight is 439 g/mol. The predicted molar refractivity (Wildman–Crippen MR) is 121 cm³/mol. The third-order valence-electron chi connectivity index (χ3n) is 5.08. The van der Waals surface area contributed by atoms with Crippen molar-refractivity contribution in [2.75, 3.05) is 18.9 Å². The normalized spacial score (nSPS) is 11.6. The first-order valence-electron chi connectivity index (χ1n) is 9.48. The van der Waals surface area contributed by atoms with Crippen LogP contribution in [0.25, 0.3) is 21.7 Å². The smallest absolute Gasteiger partial charge is 0.296 e. The minimum Gasteiger partial charge on any atom is -0.493 e. The molecule has 2 aromatic heterocycles. The van der Waals surface area contributed by atoms with E-state index < -0.39 is 10.2 Å². The van der Waals surface area contributed by atoms with E-state index in [1.807, 2.05) is 43.5 Å². The maximum Gasteiger partial charge on any atom is 0.296 e. The van der Waals surface area contributed by atoms with Crippen molar-refractivity contribution in [3.63, 3.8) is 0 Å². The van der Waals surface area contributed by atoms with Crippen LogP contribution >= 0.6 is 0 Å². The number of fused-ring (bicyclic) bond motifs is 2. The van der Waals surface area contributed by atoms with Crippen molar-refractivity contribution in [1.29, 1.82) is 0 Å². The zero-order chi connectivity index (χ0) is 22.2. The van der Waals surface area contributed by atoms with Gasteiger partial charge in [0.1, 0.15) is 0 Å². The lowest BCUT2D eigenvalue weighted by molar-refractivity contribution is 0.356. The van der Waals surface area contributed by atoms with Crippen LogP contribution < -0.4 is 19.3 Å². The number of nitrogens with two attached hydrogens (primary N) is 1. The summed E-state index contributed by atoms with van der Waals surface area (Å²) in [5, 5.41) is 7.91. The average Bonchev–Trinajstić information content (AvgIpc) is 2.74. The number of aryl methyl sites for hydroxylation is 1. The first-order valence-corrected chi connectivity index (χ1v) is 11.0. The van der Waals surface area contributed by atoms with Gasteiger partial charge in [-0.1, -0.05) is 18.2 Å². The van der Waals surface area contributed by atoms with E-state index in [9.17, 15) is 8.42 Å². The van der Waals surface area contributed by atoms with E-state index in [1.165, 1.54) is 0 Å². The first kappa shape index (κ1) is 20.8. The molecule has 0 atom stereocenters. The summed E-state index contributed by atoms with van der Waals surface area (Å²) >= 11 is 0. The van der Waals surface area contributed by atoms with Crippen molar-refractivity contribution in [3.05, 3.63) is 65.6 Å². The summed E-state index contributed by atoms with van der Waals surface area (Å²) in [4.78, 5) is 9.22. The molecule has 0 bridgehead atoms. The molecule has 2 aromatic carbocycles. The number of hydrogen-bond donors (Lipinski definition) is 2. The second-order valence-corrected chi connectivity index (χ2v) is 8.42. The Morgan fingerprint density at radius 2 is 1.74 bits per heavy atom. The molecular weight excluding hydrogens is 416 g/mol. The quantitative estimate of drug-likeness (QED) is 0.477. The third kappa shape index (κ3) is 4.23. The fraction of sp³-hybridized carbons (Fsp3) is 0.182. The summed E-state index contributed by atoms with van der Waals surface area (Å²) in [6.45, 7) is 1.94. The van der Waals surface area contributed by atoms with E-state index in [-0.39, 0.29) is 0 Å². The Kier molecular flexibility index (Phi) is 5.38. The lowest BCUT2D eigenvalue weighted by Crippen LogP contribution is -2.22. The lowest BCUT2D eigenvalue weighted by atomic mass is 10.0. The van der Waals surface area contributed by atoms with Gasteiger partial charge < -0.3 is 9.47 Å². The minimum atomic E-state index is -3.91. The number of benzene rings is 2. The van der Waals surface area contributed by atoms with E-state index in [0.29, 0.717) is 29.1 Å². The molecule has 0 aliphatic heterocycles. The Hall–Kier alpha value is -3.43. The van der Waals surface area contributed by atoms with Gasteiger partial charge in [0, 0.05) is 34.8 Å². The van der Waals surface area contributed by atoms with Crippen LogP contribution in [0.3, 0.4) is 0 Å². The standard InChI is InChI=1S/C22H22N4O4S/c1-13-17-10-20(29-2)21(30-3)11-18(17)15(12-24-13)9-16-8-7-14-5-4-6-19(22(14)25-16)26-31(23,27)28/h4-8,10-12,26H,9H2,1-3H3,(H2,23,27,28). The summed E-state index contributed by atoms with van der Waals surface area (Å²) in [6.07, 6.45) is 2.32. The van der Waals surface area contributed by atoms with Crippen LogP contribution in [0.4, 0.5) is 5.69 Å². The molecule has 2 heterocycles. The molecule has 0 amide bonds. The Balaban J connectivity index is 1.82. The lowest BCUT2D eigenvalue weighted by Gasteiger charge is -2.14. The van der Waals surface area contributed by atoms with Crippen LogP contribution in [-0.4, -0.2) is 32.6 Å². The number of nitrogens with one attached hydrogen (secondary N) is 1. The van der Waals surface area contributed by atoms with Gasteiger partial charge in [-0.05, 0) is 42.1 Å². The summed E-state index contributed by atoms with van der Waals surface area (Å²) < 4.78 is 36.3. The van der Waals surface area contributed by atoms with Crippen LogP contribution in [0.1, 0.15) is 17.0 Å². The molecule has 0 aliphatic carbocycles. The zero-order valence-electron chi connectivity index (χ0n) is 17.3. The minimum absolute atomic E-state index is 0.333. The van der Waals surface area contributed by atoms with Crippen LogP contribution in [0, 0.1) is 6.92 Å². The van der Waals surface area contributed by atoms with E-state index in [2.05, 4.69) is 9.71 Å². The molecule has 0 unspecified atom stereocenters. The Morgan fingerprint density at radius 3 is 2.42 bits per heavy atom. The van der Waals surface area contributed by atoms with Crippen LogP contribution in [0.5, 0.6) is 11.5 Å². The maximum atomic E-state index is 11.5. The van der Waals surface area contributed by atoms with Crippen molar-refractivity contribution in [1.82, 2.24) is 9.97 Å². The van der Waals surface area contributed by atoms with Gasteiger partial charge in [-0.25, -0.2) is 5.14 Å². The molecule has 8 nitrogen and oxygen atoms in total. The van der Waals surface area contributed by atoms with Crippen LogP contribution in [0.2, 0.25) is 0 Å². The molecule has 4 aromatic rings. The van der Waals surface area contributed by atoms with Gasteiger partial charge in [-0.15, -0.1) is 0 Å². The van der Waals surface area contributed by atoms with Crippen LogP contribution in [-0.2, 0) is 16.6 Å². The molecule has 0 aliphatic rings. The van der Waals surface area contributed by atoms with Gasteiger partial charge in [0.05, 0.1) is 25.4 Å². The SMILES string of the molecule is COc1cc2c(Cc3ccc4cccc(NS(N)(=O)=O)c4n3)cnc(C)c2cc1OC. The number of aromatic nitrogens is 2. The van der Waals surface area contributed by atoms with Gasteiger partial charge in [-0.2, -0.15) is 8.42 Å². The number of pyridine rings is 2. The number of methoxy groups -OCH3 is 2. The molecule has 0 saturated carbocycles. The summed E-state index contributed by atoms with van der Waals surface area (Å²) in [5.41, 5.74) is 3.46. The van der Waals surface area contributed by atoms with Gasteiger partial charge in [-0.3, -0.25) is 14.7 Å². The molecule has 0 fully saturated rings. The molecule has 0 spiro atoms. The van der Waals surface area contributed by atoms with Crippen molar-refractivity contribution in [3.8, 4) is 11.5 Å². The highest BCUT2D eigenvalue weighted by atomic mass is 32.2. The zero-order valence-corrected chi connectivity index (χ0v) is 18.2. The largest absolute Gasteiger partial charge is 0.493 e. The highest BCUT2D eigenvalue weighted by Crippen LogP contribution is 2.35. The highest BCUT2D eigenvalue weighted by Gasteiger charge is 2.14. The highest BCUT2D eigenvalue weighted by molar-refractivity contribution is 7.90. The second kappa shape index (κ2) is 8.01. The fourth-order valence-corrected chi connectivity index (χ4v) is 4.09. The molecule has 9 heteroatoms. The van der Waals surface area contributed by atoms with Gasteiger partial charge >= 0.3 is 0 Å². The molecule has 31 heavy (non-hydrogen) atoms. The molecule has 0 saturated heterocycles. The van der Waals surface area contributed by atoms with Gasteiger partial charge in [0.25, 0.3) is 10.2 Å². The topological polar surface area (TPSA) is 116 Å². The van der Waals surface area contributed by atoms with E-state index in [4.69, 9.17) is 19.6 Å². The molecule has 3 N–H and O–H groups in total. The summed E-state index contributed by atoms with van der Waals surface area (Å²) in [6, 6.07) is 12.9. The molecule has 160 valence electrons. The Morgan fingerprint density at radius 1 is 1.03 bits per heavy atom. The number of nitrogens with zero attached hydrogens (tertiary/aromatic N) is 2. The maximum absolute atomic E-state index is 11.5. The van der Waals surface area contributed by atoms with E-state index in [1.54, 1.807) is 26.4 Å². The Labute approximate surface area is 180 Å². The van der Waals surface area contributed by atoms with Crippen molar-refractivity contribution in [2.24, 2.45) is 5.14 Å². The first-order chi connectivity index (χ1) is 14.8. The third-order valence-corrected chi connectivity index (χ3v) is 5.58. The summed E-state index contributed by atoms with van der Waals surface area (Å²) in [7, 11) is -0.715. The van der Waals surface area contributed by atoms with Crippen LogP contribution in [0.15, 0.2) is 48.7 Å². The number of anilines is 1. The predicted octanol–water partition coefficient (Wildman–Crippen LogP) is 3.31. The molecular formula is C22H22N4O4S. The van der Waals surface area contributed by atoms with E-state index in [0.717, 1.165) is 33.1 Å². The monoisotopic (exact) mass is 438 g/mol. The Bertz CT molecular complexity index is 1400. The van der Waals surface area contributed by atoms with Gasteiger partial charge in [0.15, 0.2) is 11.5 Å². The number of hydrogen-bond acceptors (Lipinski definition) is 6. The van der Waals surface area contributed by atoms with Crippen molar-refractivity contribution in [2.45, 2.75) is 13.3 Å². The van der Waals surface area contributed by atoms with Gasteiger partial charge in [0.2, 0.25) is 0 Å². The second-order valence-electron chi connectivity index (χ2n) is 7.13. The molecule has 0 radical (unpaired) electrons. The van der Waals surface area contributed by atoms with Crippen molar-refractivity contribution < 1.29 is 17.9 Å². The molecule has 4 rings (SSSR count). The van der Waals surface area contributed by atoms with E-state index >= 15 is 0 Å². The number of para-hydroxylation sites is 1. The van der Waals surface area contributed by atoms with Crippen molar-refractivity contribution >= 4 is 37.6 Å². The summed E-state index contributed by atoms with van der Waals surface area (Å²) in [5.74, 6) is 1.27. The number of ether oxygens (including phenoxy) is 2. The number of rotatable bonds is 6. The fourth-order valence-electron chi connectivity index (χ4n) is 3.62.